The van der Waals surface area contributed by atoms with Crippen LogP contribution in [0.1, 0.15) is 49.3 Å². The summed E-state index contributed by atoms with van der Waals surface area (Å²) in [7, 11) is 0. The minimum absolute atomic E-state index is 0.333. The summed E-state index contributed by atoms with van der Waals surface area (Å²) in [6.45, 7) is 8.82. The zero-order valence-electron chi connectivity index (χ0n) is 17.3. The number of hydrogen-bond donors (Lipinski definition) is 1. The first-order chi connectivity index (χ1) is 13.5. The average Bonchev–Trinajstić information content (AvgIpc) is 2.68. The fourth-order valence-corrected chi connectivity index (χ4v) is 3.90. The number of aryl methyl sites for hydroxylation is 2. The van der Waals surface area contributed by atoms with Crippen LogP contribution in [0.4, 0.5) is 4.39 Å². The molecule has 1 aliphatic carbocycles. The third-order valence-corrected chi connectivity index (χ3v) is 5.23. The Hall–Kier alpha value is -2.13. The number of rotatable bonds is 1. The summed E-state index contributed by atoms with van der Waals surface area (Å²) in [5.41, 5.74) is 4.28. The van der Waals surface area contributed by atoms with Gasteiger partial charge in [0.1, 0.15) is 5.75 Å². The molecule has 1 N–H and O–H groups in total. The Kier molecular flexibility index (Phi) is 9.22. The van der Waals surface area contributed by atoms with E-state index in [0.717, 1.165) is 11.6 Å². The fourth-order valence-electron chi connectivity index (χ4n) is 3.90. The molecule has 1 atom stereocenters. The standard InChI is InChI=1S/C15H21N.C7H8O.C3H5F/c1-4-10-16(11-5-1)15-9-8-13-6-2-3-7-14(13)12-15;1-6-3-2-4-7(8)5-6;1-3(2)4/h2-3,6-7,15H,1,4-5,8-12H2;2-5,8H,1H3;1H2,2H3. The Balaban J connectivity index is 0.000000196. The quantitative estimate of drug-likeness (QED) is 0.632. The molecule has 152 valence electrons. The van der Waals surface area contributed by atoms with E-state index in [-0.39, 0.29) is 5.83 Å². The van der Waals surface area contributed by atoms with Crippen molar-refractivity contribution in [3.05, 3.63) is 77.6 Å². The number of hydrogen-bond acceptors (Lipinski definition) is 2. The Morgan fingerprint density at radius 1 is 1.04 bits per heavy atom. The predicted molar refractivity (Wildman–Crippen MR) is 116 cm³/mol. The van der Waals surface area contributed by atoms with Gasteiger partial charge in [0.15, 0.2) is 0 Å². The largest absolute Gasteiger partial charge is 0.508 e. The molecular formula is C25H34FNO. The zero-order chi connectivity index (χ0) is 20.4. The van der Waals surface area contributed by atoms with E-state index < -0.39 is 0 Å². The van der Waals surface area contributed by atoms with Gasteiger partial charge in [-0.1, -0.05) is 49.4 Å². The molecule has 3 heteroatoms. The van der Waals surface area contributed by atoms with Gasteiger partial charge >= 0.3 is 0 Å². The van der Waals surface area contributed by atoms with Crippen LogP contribution in [0.3, 0.4) is 0 Å². The van der Waals surface area contributed by atoms with Crippen LogP contribution in [-0.2, 0) is 12.8 Å². The second kappa shape index (κ2) is 11.7. The summed E-state index contributed by atoms with van der Waals surface area (Å²) >= 11 is 0. The van der Waals surface area contributed by atoms with Crippen molar-refractivity contribution >= 4 is 0 Å². The highest BCUT2D eigenvalue weighted by Crippen LogP contribution is 2.26. The zero-order valence-corrected chi connectivity index (χ0v) is 17.3. The van der Waals surface area contributed by atoms with Crippen molar-refractivity contribution in [3.63, 3.8) is 0 Å². The second-order valence-electron chi connectivity index (χ2n) is 7.78. The summed E-state index contributed by atoms with van der Waals surface area (Å²) in [6.07, 6.45) is 8.22. The van der Waals surface area contributed by atoms with E-state index in [0.29, 0.717) is 5.75 Å². The maximum absolute atomic E-state index is 10.8. The van der Waals surface area contributed by atoms with E-state index in [4.69, 9.17) is 5.11 Å². The van der Waals surface area contributed by atoms with Gasteiger partial charge in [0.25, 0.3) is 0 Å². The van der Waals surface area contributed by atoms with E-state index in [1.807, 2.05) is 19.1 Å². The number of phenols is 1. The highest BCUT2D eigenvalue weighted by molar-refractivity contribution is 5.30. The van der Waals surface area contributed by atoms with Crippen LogP contribution in [0.15, 0.2) is 60.9 Å². The molecule has 1 unspecified atom stereocenters. The summed E-state index contributed by atoms with van der Waals surface area (Å²) in [5, 5.41) is 8.81. The topological polar surface area (TPSA) is 23.5 Å². The van der Waals surface area contributed by atoms with Crippen LogP contribution in [0.25, 0.3) is 0 Å². The van der Waals surface area contributed by atoms with Crippen molar-refractivity contribution in [1.29, 1.82) is 0 Å². The van der Waals surface area contributed by atoms with Gasteiger partial charge in [0.05, 0.1) is 5.83 Å². The van der Waals surface area contributed by atoms with Gasteiger partial charge in [0.2, 0.25) is 0 Å². The molecule has 1 heterocycles. The lowest BCUT2D eigenvalue weighted by Crippen LogP contribution is -2.42. The normalized spacial score (nSPS) is 18.6. The number of piperidine rings is 1. The first kappa shape index (κ1) is 22.2. The van der Waals surface area contributed by atoms with Crippen molar-refractivity contribution in [1.82, 2.24) is 4.90 Å². The molecule has 2 nitrogen and oxygen atoms in total. The molecule has 1 fully saturated rings. The van der Waals surface area contributed by atoms with Crippen LogP contribution >= 0.6 is 0 Å². The highest BCUT2D eigenvalue weighted by atomic mass is 19.1. The molecule has 1 aliphatic heterocycles. The third-order valence-electron chi connectivity index (χ3n) is 5.23. The Labute approximate surface area is 169 Å². The lowest BCUT2D eigenvalue weighted by atomic mass is 9.87. The Morgan fingerprint density at radius 3 is 2.25 bits per heavy atom. The smallest absolute Gasteiger partial charge is 0.115 e. The van der Waals surface area contributed by atoms with Crippen molar-refractivity contribution < 1.29 is 9.50 Å². The Bertz CT molecular complexity index is 716. The van der Waals surface area contributed by atoms with Crippen LogP contribution in [0.2, 0.25) is 0 Å². The number of fused-ring (bicyclic) bond motifs is 1. The molecule has 4 rings (SSSR count). The van der Waals surface area contributed by atoms with Gasteiger partial charge in [-0.05, 0) is 87.9 Å². The minimum Gasteiger partial charge on any atom is -0.508 e. The van der Waals surface area contributed by atoms with Crippen molar-refractivity contribution in [2.45, 2.75) is 58.4 Å². The van der Waals surface area contributed by atoms with E-state index in [9.17, 15) is 4.39 Å². The lowest BCUT2D eigenvalue weighted by molar-refractivity contribution is 0.150. The maximum atomic E-state index is 10.8. The molecule has 0 aromatic heterocycles. The number of halogens is 1. The van der Waals surface area contributed by atoms with E-state index in [2.05, 4.69) is 35.7 Å². The second-order valence-corrected chi connectivity index (χ2v) is 7.78. The predicted octanol–water partition coefficient (Wildman–Crippen LogP) is 6.22. The van der Waals surface area contributed by atoms with Crippen molar-refractivity contribution in [2.24, 2.45) is 0 Å². The Morgan fingerprint density at radius 2 is 1.68 bits per heavy atom. The molecular weight excluding hydrogens is 349 g/mol. The maximum Gasteiger partial charge on any atom is 0.115 e. The van der Waals surface area contributed by atoms with Crippen LogP contribution in [0, 0.1) is 6.92 Å². The summed E-state index contributed by atoms with van der Waals surface area (Å²) < 4.78 is 10.8. The molecule has 2 aromatic rings. The number of likely N-dealkylation sites (tertiary alicyclic amines) is 1. The third kappa shape index (κ3) is 7.85. The highest BCUT2D eigenvalue weighted by Gasteiger charge is 2.24. The van der Waals surface area contributed by atoms with Gasteiger partial charge in [-0.2, -0.15) is 0 Å². The number of allylic oxidation sites excluding steroid dienone is 1. The van der Waals surface area contributed by atoms with E-state index in [1.54, 1.807) is 23.3 Å². The van der Waals surface area contributed by atoms with Gasteiger partial charge in [0, 0.05) is 6.04 Å². The summed E-state index contributed by atoms with van der Waals surface area (Å²) in [6, 6.07) is 17.0. The summed E-state index contributed by atoms with van der Waals surface area (Å²) in [4.78, 5) is 2.74. The van der Waals surface area contributed by atoms with Crippen LogP contribution < -0.4 is 0 Å². The fraction of sp³-hybridized carbons (Fsp3) is 0.440. The molecule has 0 spiro atoms. The molecule has 0 saturated carbocycles. The van der Waals surface area contributed by atoms with Crippen LogP contribution in [0.5, 0.6) is 5.75 Å². The number of phenolic OH excluding ortho intramolecular Hbond substituents is 1. The molecule has 0 bridgehead atoms. The summed E-state index contributed by atoms with van der Waals surface area (Å²) in [5.74, 6) is 0.00463. The minimum atomic E-state index is -0.333. The van der Waals surface area contributed by atoms with Crippen molar-refractivity contribution in [3.8, 4) is 5.75 Å². The molecule has 2 aromatic carbocycles. The van der Waals surface area contributed by atoms with Crippen LogP contribution in [-0.4, -0.2) is 29.1 Å². The van der Waals surface area contributed by atoms with Crippen molar-refractivity contribution in [2.75, 3.05) is 13.1 Å². The molecule has 0 radical (unpaired) electrons. The monoisotopic (exact) mass is 383 g/mol. The molecule has 1 saturated heterocycles. The number of nitrogens with zero attached hydrogens (tertiary/aromatic N) is 1. The lowest BCUT2D eigenvalue weighted by Gasteiger charge is -2.37. The number of benzene rings is 2. The average molecular weight is 384 g/mol. The van der Waals surface area contributed by atoms with Gasteiger partial charge in [-0.25, -0.2) is 4.39 Å². The SMILES string of the molecule is C=C(C)F.Cc1cccc(O)c1.c1ccc2c(c1)CCC(N1CCCCC1)C2. The van der Waals surface area contributed by atoms with Gasteiger partial charge < -0.3 is 10.0 Å². The molecule has 2 aliphatic rings. The van der Waals surface area contributed by atoms with Gasteiger partial charge in [-0.15, -0.1) is 0 Å². The molecule has 0 amide bonds. The van der Waals surface area contributed by atoms with E-state index in [1.165, 1.54) is 58.5 Å². The van der Waals surface area contributed by atoms with E-state index >= 15 is 0 Å². The first-order valence-electron chi connectivity index (χ1n) is 10.3. The first-order valence-corrected chi connectivity index (χ1v) is 10.3. The molecule has 28 heavy (non-hydrogen) atoms. The number of aromatic hydroxyl groups is 1. The van der Waals surface area contributed by atoms with Gasteiger partial charge in [-0.3, -0.25) is 0 Å².